The van der Waals surface area contributed by atoms with Crippen LogP contribution in [0, 0.1) is 5.82 Å². The number of anilines is 1. The van der Waals surface area contributed by atoms with Crippen LogP contribution in [0.4, 0.5) is 10.1 Å². The van der Waals surface area contributed by atoms with Crippen molar-refractivity contribution in [3.8, 4) is 5.75 Å². The molecule has 42 heavy (non-hydrogen) atoms. The van der Waals surface area contributed by atoms with Crippen molar-refractivity contribution in [2.75, 3.05) is 18.0 Å². The number of sulfonamides is 1. The van der Waals surface area contributed by atoms with Crippen LogP contribution in [0.15, 0.2) is 71.6 Å². The number of rotatable bonds is 11. The second-order valence-corrected chi connectivity index (χ2v) is 13.2. The molecule has 0 aromatic heterocycles. The van der Waals surface area contributed by atoms with Crippen molar-refractivity contribution >= 4 is 50.7 Å². The number of hydrogen-bond donors (Lipinski definition) is 1. The van der Waals surface area contributed by atoms with E-state index in [1.807, 2.05) is 20.8 Å². The van der Waals surface area contributed by atoms with Crippen LogP contribution in [0.1, 0.15) is 39.7 Å². The summed E-state index contributed by atoms with van der Waals surface area (Å²) in [6.07, 6.45) is 0.220. The molecule has 0 aliphatic carbocycles. The SMILES string of the molecule is CCC(C(=O)NC(C)(C)C)N(Cc1c(Cl)cccc1Cl)C(=O)CN(c1ccc(F)cc1)S(=O)(=O)c1ccc(OC)cc1. The molecule has 1 atom stereocenters. The maximum atomic E-state index is 14.1. The van der Waals surface area contributed by atoms with Crippen LogP contribution < -0.4 is 14.4 Å². The van der Waals surface area contributed by atoms with Gasteiger partial charge in [0.15, 0.2) is 0 Å². The van der Waals surface area contributed by atoms with Gasteiger partial charge in [0.05, 0.1) is 17.7 Å². The van der Waals surface area contributed by atoms with Crippen LogP contribution in [0.25, 0.3) is 0 Å². The summed E-state index contributed by atoms with van der Waals surface area (Å²) >= 11 is 12.9. The molecular formula is C30H34Cl2FN3O5S. The quantitative estimate of drug-likeness (QED) is 0.276. The van der Waals surface area contributed by atoms with Gasteiger partial charge >= 0.3 is 0 Å². The standard InChI is InChI=1S/C30H34Cl2FN3O5S/c1-6-27(29(38)34-30(2,3)4)35(18-24-25(31)8-7-9-26(24)32)28(37)19-36(21-12-10-20(33)11-13-21)42(39,40)23-16-14-22(41-5)15-17-23/h7-17,27H,6,18-19H2,1-5H3,(H,34,38). The third-order valence-corrected chi connectivity index (χ3v) is 8.81. The number of benzene rings is 3. The van der Waals surface area contributed by atoms with Crippen LogP contribution in [0.2, 0.25) is 10.0 Å². The van der Waals surface area contributed by atoms with Gasteiger partial charge in [-0.25, -0.2) is 12.8 Å². The van der Waals surface area contributed by atoms with E-state index in [1.165, 1.54) is 48.4 Å². The monoisotopic (exact) mass is 637 g/mol. The van der Waals surface area contributed by atoms with E-state index >= 15 is 0 Å². The molecule has 0 fully saturated rings. The second kappa shape index (κ2) is 13.8. The van der Waals surface area contributed by atoms with Gasteiger partial charge in [-0.2, -0.15) is 0 Å². The summed E-state index contributed by atoms with van der Waals surface area (Å²) in [4.78, 5) is 28.7. The highest BCUT2D eigenvalue weighted by molar-refractivity contribution is 7.92. The lowest BCUT2D eigenvalue weighted by Crippen LogP contribution is -2.55. The van der Waals surface area contributed by atoms with Gasteiger partial charge in [-0.05, 0) is 87.9 Å². The summed E-state index contributed by atoms with van der Waals surface area (Å²) < 4.78 is 47.6. The Morgan fingerprint density at radius 1 is 0.976 bits per heavy atom. The number of carbonyl (C=O) groups excluding carboxylic acids is 2. The Morgan fingerprint density at radius 2 is 1.55 bits per heavy atom. The summed E-state index contributed by atoms with van der Waals surface area (Å²) in [6, 6.07) is 14.3. The minimum atomic E-state index is -4.34. The Morgan fingerprint density at radius 3 is 2.05 bits per heavy atom. The number of nitrogens with zero attached hydrogens (tertiary/aromatic N) is 2. The third kappa shape index (κ3) is 8.14. The first kappa shape index (κ1) is 33.2. The Bertz CT molecular complexity index is 1490. The molecule has 0 spiro atoms. The molecule has 8 nitrogen and oxygen atoms in total. The summed E-state index contributed by atoms with van der Waals surface area (Å²) in [6.45, 7) is 6.33. The van der Waals surface area contributed by atoms with Gasteiger partial charge < -0.3 is 15.0 Å². The summed E-state index contributed by atoms with van der Waals surface area (Å²) in [7, 11) is -2.88. The van der Waals surface area contributed by atoms with Gasteiger partial charge in [0.2, 0.25) is 11.8 Å². The minimum Gasteiger partial charge on any atom is -0.497 e. The molecule has 0 radical (unpaired) electrons. The maximum absolute atomic E-state index is 14.1. The van der Waals surface area contributed by atoms with Gasteiger partial charge in [-0.3, -0.25) is 13.9 Å². The van der Waals surface area contributed by atoms with Crippen LogP contribution in [0.3, 0.4) is 0 Å². The Labute approximate surface area is 256 Å². The molecule has 3 aromatic rings. The number of halogens is 3. The van der Waals surface area contributed by atoms with E-state index in [1.54, 1.807) is 25.1 Å². The molecule has 1 N–H and O–H groups in total. The largest absolute Gasteiger partial charge is 0.497 e. The van der Waals surface area contributed by atoms with Crippen molar-refractivity contribution in [2.45, 2.75) is 57.1 Å². The van der Waals surface area contributed by atoms with Crippen molar-refractivity contribution in [2.24, 2.45) is 0 Å². The van der Waals surface area contributed by atoms with E-state index in [0.717, 1.165) is 16.4 Å². The van der Waals surface area contributed by atoms with Crippen molar-refractivity contribution in [3.05, 3.63) is 88.2 Å². The number of nitrogens with one attached hydrogen (secondary N) is 1. The number of amides is 2. The van der Waals surface area contributed by atoms with Crippen molar-refractivity contribution < 1.29 is 27.1 Å². The Kier molecular flexibility index (Phi) is 10.9. The molecule has 12 heteroatoms. The fourth-order valence-electron chi connectivity index (χ4n) is 4.24. The van der Waals surface area contributed by atoms with Crippen LogP contribution >= 0.6 is 23.2 Å². The van der Waals surface area contributed by atoms with Gasteiger partial charge in [0.25, 0.3) is 10.0 Å². The third-order valence-electron chi connectivity index (χ3n) is 6.32. The highest BCUT2D eigenvalue weighted by Gasteiger charge is 2.35. The van der Waals surface area contributed by atoms with Crippen molar-refractivity contribution in [1.82, 2.24) is 10.2 Å². The molecule has 0 aliphatic heterocycles. The molecule has 3 aromatic carbocycles. The molecule has 0 heterocycles. The zero-order valence-corrected chi connectivity index (χ0v) is 26.4. The lowest BCUT2D eigenvalue weighted by molar-refractivity contribution is -0.141. The molecule has 0 saturated heterocycles. The molecule has 2 amide bonds. The summed E-state index contributed by atoms with van der Waals surface area (Å²) in [5.74, 6) is -1.25. The lowest BCUT2D eigenvalue weighted by atomic mass is 10.1. The smallest absolute Gasteiger partial charge is 0.264 e. The normalized spacial score (nSPS) is 12.4. The first-order valence-corrected chi connectivity index (χ1v) is 15.3. The topological polar surface area (TPSA) is 96.0 Å². The van der Waals surface area contributed by atoms with Crippen LogP contribution in [0.5, 0.6) is 5.75 Å². The number of methoxy groups -OCH3 is 1. The van der Waals surface area contributed by atoms with Gasteiger partial charge in [0.1, 0.15) is 24.2 Å². The summed E-state index contributed by atoms with van der Waals surface area (Å²) in [5.41, 5.74) is -0.134. The van der Waals surface area contributed by atoms with E-state index in [2.05, 4.69) is 5.32 Å². The predicted octanol–water partition coefficient (Wildman–Crippen LogP) is 6.06. The predicted molar refractivity (Wildman–Crippen MR) is 163 cm³/mol. The first-order valence-electron chi connectivity index (χ1n) is 13.1. The van der Waals surface area contributed by atoms with Gasteiger partial charge in [-0.1, -0.05) is 36.2 Å². The zero-order valence-electron chi connectivity index (χ0n) is 24.0. The lowest BCUT2D eigenvalue weighted by Gasteiger charge is -2.35. The van der Waals surface area contributed by atoms with Gasteiger partial charge in [0, 0.05) is 27.7 Å². The Hall–Kier alpha value is -3.34. The highest BCUT2D eigenvalue weighted by Crippen LogP contribution is 2.29. The highest BCUT2D eigenvalue weighted by atomic mass is 35.5. The minimum absolute atomic E-state index is 0.0588. The molecule has 0 saturated carbocycles. The van der Waals surface area contributed by atoms with E-state index in [0.29, 0.717) is 11.3 Å². The zero-order chi connectivity index (χ0) is 31.2. The molecule has 3 rings (SSSR count). The van der Waals surface area contributed by atoms with Crippen LogP contribution in [-0.4, -0.2) is 50.4 Å². The Balaban J connectivity index is 2.11. The number of hydrogen-bond acceptors (Lipinski definition) is 5. The fraction of sp³-hybridized carbons (Fsp3) is 0.333. The van der Waals surface area contributed by atoms with Crippen molar-refractivity contribution in [3.63, 3.8) is 0 Å². The summed E-state index contributed by atoms with van der Waals surface area (Å²) in [5, 5.41) is 3.46. The fourth-order valence-corrected chi connectivity index (χ4v) is 6.17. The first-order chi connectivity index (χ1) is 19.7. The van der Waals surface area contributed by atoms with E-state index in [-0.39, 0.29) is 33.6 Å². The molecule has 226 valence electrons. The van der Waals surface area contributed by atoms with E-state index in [4.69, 9.17) is 27.9 Å². The average Bonchev–Trinajstić information content (AvgIpc) is 2.92. The van der Waals surface area contributed by atoms with Gasteiger partial charge in [-0.15, -0.1) is 0 Å². The molecule has 1 unspecified atom stereocenters. The van der Waals surface area contributed by atoms with Crippen molar-refractivity contribution in [1.29, 1.82) is 0 Å². The molecule has 0 bridgehead atoms. The second-order valence-electron chi connectivity index (χ2n) is 10.5. The maximum Gasteiger partial charge on any atom is 0.264 e. The van der Waals surface area contributed by atoms with E-state index in [9.17, 15) is 22.4 Å². The van der Waals surface area contributed by atoms with Crippen LogP contribution in [-0.2, 0) is 26.2 Å². The van der Waals surface area contributed by atoms with E-state index < -0.39 is 45.8 Å². The molecule has 0 aliphatic rings. The number of ether oxygens (including phenoxy) is 1. The molecular weight excluding hydrogens is 604 g/mol. The number of carbonyl (C=O) groups is 2. The average molecular weight is 639 g/mol.